The molecular formula is C15H17BrN4O2S. The predicted octanol–water partition coefficient (Wildman–Crippen LogP) is 3.69. The molecule has 1 aliphatic rings. The summed E-state index contributed by atoms with van der Waals surface area (Å²) in [5, 5.41) is 14.1. The van der Waals surface area contributed by atoms with Gasteiger partial charge >= 0.3 is 0 Å². The minimum absolute atomic E-state index is 0.389. The van der Waals surface area contributed by atoms with Gasteiger partial charge in [0.1, 0.15) is 0 Å². The first kappa shape index (κ1) is 16.3. The predicted molar refractivity (Wildman–Crippen MR) is 94.7 cm³/mol. The number of halogens is 1. The van der Waals surface area contributed by atoms with Crippen LogP contribution in [0.3, 0.4) is 0 Å². The van der Waals surface area contributed by atoms with Gasteiger partial charge in [-0.1, -0.05) is 25.6 Å². The second kappa shape index (κ2) is 6.52. The normalized spacial score (nSPS) is 13.7. The molecule has 0 atom stereocenters. The lowest BCUT2D eigenvalue weighted by Crippen LogP contribution is -2.17. The molecule has 0 amide bonds. The number of methoxy groups -OCH3 is 2. The largest absolute Gasteiger partial charge is 0.493 e. The highest BCUT2D eigenvalue weighted by Gasteiger charge is 2.23. The quantitative estimate of drug-likeness (QED) is 0.788. The van der Waals surface area contributed by atoms with Crippen molar-refractivity contribution in [3.63, 3.8) is 0 Å². The van der Waals surface area contributed by atoms with Gasteiger partial charge < -0.3 is 9.47 Å². The van der Waals surface area contributed by atoms with Crippen LogP contribution in [0, 0.1) is 5.92 Å². The van der Waals surface area contributed by atoms with Crippen molar-refractivity contribution in [3.8, 4) is 22.9 Å². The first-order valence-corrected chi connectivity index (χ1v) is 8.90. The number of hydrogen-bond acceptors (Lipinski definition) is 6. The Labute approximate surface area is 147 Å². The van der Waals surface area contributed by atoms with Gasteiger partial charge in [-0.25, -0.2) is 0 Å². The maximum atomic E-state index is 5.39. The van der Waals surface area contributed by atoms with Gasteiger partial charge in [0.25, 0.3) is 0 Å². The van der Waals surface area contributed by atoms with Crippen molar-refractivity contribution in [2.24, 2.45) is 11.0 Å². The minimum Gasteiger partial charge on any atom is -0.493 e. The maximum absolute atomic E-state index is 5.39. The van der Waals surface area contributed by atoms with E-state index in [1.54, 1.807) is 30.7 Å². The van der Waals surface area contributed by atoms with E-state index in [9.17, 15) is 0 Å². The molecule has 23 heavy (non-hydrogen) atoms. The van der Waals surface area contributed by atoms with Crippen LogP contribution in [0.2, 0.25) is 0 Å². The average molecular weight is 397 g/mol. The lowest BCUT2D eigenvalue weighted by Gasteiger charge is -2.16. The number of fused-ring (bicyclic) bond motifs is 1. The van der Waals surface area contributed by atoms with Gasteiger partial charge in [-0.2, -0.15) is 9.78 Å². The Hall–Kier alpha value is -1.54. The van der Waals surface area contributed by atoms with Crippen molar-refractivity contribution in [2.45, 2.75) is 19.0 Å². The van der Waals surface area contributed by atoms with Crippen molar-refractivity contribution < 1.29 is 9.47 Å². The molecule has 0 unspecified atom stereocenters. The molecule has 0 saturated heterocycles. The molecule has 0 saturated carbocycles. The lowest BCUT2D eigenvalue weighted by molar-refractivity contribution is 0.355. The van der Waals surface area contributed by atoms with E-state index in [-0.39, 0.29) is 0 Å². The second-order valence-corrected chi connectivity index (χ2v) is 7.14. The van der Waals surface area contributed by atoms with E-state index in [1.807, 2.05) is 12.1 Å². The Morgan fingerprint density at radius 3 is 2.52 bits per heavy atom. The second-order valence-electron chi connectivity index (χ2n) is 5.34. The Bertz CT molecular complexity index is 773. The molecule has 6 nitrogen and oxygen atoms in total. The van der Waals surface area contributed by atoms with Crippen LogP contribution in [0.1, 0.15) is 13.8 Å². The highest BCUT2D eigenvalue weighted by Crippen LogP contribution is 2.39. The highest BCUT2D eigenvalue weighted by atomic mass is 79.9. The molecular weight excluding hydrogens is 380 g/mol. The lowest BCUT2D eigenvalue weighted by atomic mass is 10.1. The summed E-state index contributed by atoms with van der Waals surface area (Å²) in [5.74, 6) is 3.21. The van der Waals surface area contributed by atoms with E-state index in [0.717, 1.165) is 26.7 Å². The van der Waals surface area contributed by atoms with Crippen LogP contribution in [-0.2, 0) is 0 Å². The SMILES string of the molecule is COc1cc(Br)c(-c2nnc3n2N=C(C(C)C)CS3)cc1OC. The number of thioether (sulfide) groups is 1. The van der Waals surface area contributed by atoms with Gasteiger partial charge in [0.2, 0.25) is 5.16 Å². The molecule has 0 spiro atoms. The van der Waals surface area contributed by atoms with E-state index in [0.29, 0.717) is 23.2 Å². The van der Waals surface area contributed by atoms with E-state index in [4.69, 9.17) is 14.6 Å². The summed E-state index contributed by atoms with van der Waals surface area (Å²) in [6.07, 6.45) is 0. The number of benzene rings is 1. The summed E-state index contributed by atoms with van der Waals surface area (Å²) in [5.41, 5.74) is 1.98. The average Bonchev–Trinajstić information content (AvgIpc) is 2.97. The van der Waals surface area contributed by atoms with Crippen molar-refractivity contribution in [2.75, 3.05) is 20.0 Å². The molecule has 1 aromatic heterocycles. The van der Waals surface area contributed by atoms with Gasteiger partial charge in [-0.3, -0.25) is 0 Å². The zero-order chi connectivity index (χ0) is 16.6. The Balaban J connectivity index is 2.13. The standard InChI is InChI=1S/C15H17BrN4O2S/c1-8(2)11-7-23-15-18-17-14(20(15)19-11)9-5-12(21-3)13(22-4)6-10(9)16/h5-6,8H,7H2,1-4H3. The fourth-order valence-corrected chi connectivity index (χ4v) is 3.73. The Kier molecular flexibility index (Phi) is 4.63. The van der Waals surface area contributed by atoms with Gasteiger partial charge in [-0.15, -0.1) is 10.2 Å². The first-order chi connectivity index (χ1) is 11.0. The molecule has 8 heteroatoms. The molecule has 3 rings (SSSR count). The fraction of sp³-hybridized carbons (Fsp3) is 0.400. The number of ether oxygens (including phenoxy) is 2. The van der Waals surface area contributed by atoms with Crippen molar-refractivity contribution in [1.29, 1.82) is 0 Å². The van der Waals surface area contributed by atoms with E-state index in [1.165, 1.54) is 0 Å². The third-order valence-electron chi connectivity index (χ3n) is 3.57. The van der Waals surface area contributed by atoms with Crippen LogP contribution in [0.15, 0.2) is 26.9 Å². The molecule has 0 fully saturated rings. The van der Waals surface area contributed by atoms with Crippen LogP contribution in [-0.4, -0.2) is 40.6 Å². The Morgan fingerprint density at radius 1 is 1.17 bits per heavy atom. The minimum atomic E-state index is 0.389. The van der Waals surface area contributed by atoms with Crippen LogP contribution in [0.4, 0.5) is 0 Å². The summed E-state index contributed by atoms with van der Waals surface area (Å²) in [6.45, 7) is 4.28. The van der Waals surface area contributed by atoms with Crippen LogP contribution in [0.5, 0.6) is 11.5 Å². The smallest absolute Gasteiger partial charge is 0.212 e. The third kappa shape index (κ3) is 2.97. The highest BCUT2D eigenvalue weighted by molar-refractivity contribution is 9.10. The van der Waals surface area contributed by atoms with E-state index < -0.39 is 0 Å². The molecule has 0 radical (unpaired) electrons. The topological polar surface area (TPSA) is 61.5 Å². The van der Waals surface area contributed by atoms with Crippen molar-refractivity contribution >= 4 is 33.4 Å². The summed E-state index contributed by atoms with van der Waals surface area (Å²) in [4.78, 5) is 0. The zero-order valence-corrected chi connectivity index (χ0v) is 15.7. The summed E-state index contributed by atoms with van der Waals surface area (Å²) >= 11 is 5.22. The van der Waals surface area contributed by atoms with Gasteiger partial charge in [-0.05, 0) is 34.0 Å². The number of nitrogens with zero attached hydrogens (tertiary/aromatic N) is 4. The Morgan fingerprint density at radius 2 is 1.87 bits per heavy atom. The summed E-state index contributed by atoms with van der Waals surface area (Å²) < 4.78 is 13.4. The molecule has 0 bridgehead atoms. The summed E-state index contributed by atoms with van der Waals surface area (Å²) in [7, 11) is 3.22. The molecule has 2 aromatic rings. The van der Waals surface area contributed by atoms with Crippen molar-refractivity contribution in [1.82, 2.24) is 14.9 Å². The molecule has 0 aliphatic carbocycles. The molecule has 122 valence electrons. The maximum Gasteiger partial charge on any atom is 0.212 e. The van der Waals surface area contributed by atoms with Crippen LogP contribution < -0.4 is 9.47 Å². The van der Waals surface area contributed by atoms with Gasteiger partial charge in [0, 0.05) is 15.8 Å². The monoisotopic (exact) mass is 396 g/mol. The van der Waals surface area contributed by atoms with Gasteiger partial charge in [0.05, 0.1) is 19.9 Å². The molecule has 0 N–H and O–H groups in total. The van der Waals surface area contributed by atoms with E-state index >= 15 is 0 Å². The zero-order valence-electron chi connectivity index (χ0n) is 13.3. The van der Waals surface area contributed by atoms with Crippen LogP contribution >= 0.6 is 27.7 Å². The summed E-state index contributed by atoms with van der Waals surface area (Å²) in [6, 6.07) is 3.74. The fourth-order valence-electron chi connectivity index (χ4n) is 2.22. The van der Waals surface area contributed by atoms with Gasteiger partial charge in [0.15, 0.2) is 17.3 Å². The van der Waals surface area contributed by atoms with Crippen LogP contribution in [0.25, 0.3) is 11.4 Å². The molecule has 2 heterocycles. The third-order valence-corrected chi connectivity index (χ3v) is 5.18. The first-order valence-electron chi connectivity index (χ1n) is 7.13. The number of hydrogen-bond donors (Lipinski definition) is 0. The van der Waals surface area contributed by atoms with E-state index in [2.05, 4.69) is 40.0 Å². The number of aromatic nitrogens is 3. The molecule has 1 aromatic carbocycles. The van der Waals surface area contributed by atoms with Crippen molar-refractivity contribution in [3.05, 3.63) is 16.6 Å². The molecule has 1 aliphatic heterocycles. The number of rotatable bonds is 4.